The summed E-state index contributed by atoms with van der Waals surface area (Å²) in [5.74, 6) is 14.9. The molecule has 0 heterocycles. The molecule has 19 atom stereocenters. The first kappa shape index (κ1) is 58.3. The summed E-state index contributed by atoms with van der Waals surface area (Å²) in [4.78, 5) is 0. The van der Waals surface area contributed by atoms with Gasteiger partial charge in [-0.2, -0.15) is 0 Å². The second-order valence-electron chi connectivity index (χ2n) is 32.9. The van der Waals surface area contributed by atoms with E-state index < -0.39 is 0 Å². The van der Waals surface area contributed by atoms with Crippen LogP contribution in [0.25, 0.3) is 22.3 Å². The van der Waals surface area contributed by atoms with Crippen LogP contribution in [0.4, 0.5) is 0 Å². The Morgan fingerprint density at radius 2 is 0.815 bits per heavy atom. The zero-order valence-electron chi connectivity index (χ0n) is 53.7. The maximum atomic E-state index is 2.79. The minimum Gasteiger partial charge on any atom is -0.0628 e. The standard InChI is InChI=1S/C81H116/c1-53(2)18-16-20-55(5)72-38-40-74-70-36-34-65-51-62(42-46-78(65,8)76(70)44-48-80(72,74)10)58-26-30-60(31-27-58)68-24-13-12-22-64(68)50-57(7)67-23-14-15-25-69(67)61-32-28-59(29-33-61)63-43-47-79(9)66(52-63)35-37-71-75-41-39-73(56(6)21-17-19-54(3)4)81(75,11)49-45-77(71)79/h12-15,22-33,53-57,62-63,65-66,70-77H,16-21,34-52H2,1-11H3/t55-,56-,57?,62?,63?,65+,66?,70+,71+,72-,73-,74+,75?,76+,77?,78+,79+,80-,81-/m1/s1. The van der Waals surface area contributed by atoms with Crippen molar-refractivity contribution in [1.82, 2.24) is 0 Å². The molecule has 0 nitrogen and oxygen atoms in total. The predicted molar refractivity (Wildman–Crippen MR) is 347 cm³/mol. The van der Waals surface area contributed by atoms with Crippen LogP contribution in [0, 0.1) is 105 Å². The van der Waals surface area contributed by atoms with E-state index in [1.54, 1.807) is 11.1 Å². The molecule has 8 fully saturated rings. The van der Waals surface area contributed by atoms with Gasteiger partial charge in [0, 0.05) is 0 Å². The highest BCUT2D eigenvalue weighted by molar-refractivity contribution is 5.70. The second kappa shape index (κ2) is 23.6. The van der Waals surface area contributed by atoms with Crippen LogP contribution in [0.2, 0.25) is 0 Å². The summed E-state index contributed by atoms with van der Waals surface area (Å²) < 4.78 is 0. The van der Waals surface area contributed by atoms with Crippen molar-refractivity contribution in [2.75, 3.05) is 0 Å². The fourth-order valence-electron chi connectivity index (χ4n) is 23.6. The summed E-state index contributed by atoms with van der Waals surface area (Å²) in [6.07, 6.45) is 36.2. The Balaban J connectivity index is 0.660. The highest BCUT2D eigenvalue weighted by Crippen LogP contribution is 2.71. The molecule has 0 N–H and O–H groups in total. The molecule has 8 saturated carbocycles. The molecule has 0 amide bonds. The Labute approximate surface area is 497 Å². The van der Waals surface area contributed by atoms with Crippen LogP contribution in [0.1, 0.15) is 270 Å². The van der Waals surface area contributed by atoms with Crippen LogP contribution in [0.5, 0.6) is 0 Å². The molecule has 0 spiro atoms. The Hall–Kier alpha value is -3.12. The lowest BCUT2D eigenvalue weighted by molar-refractivity contribution is -0.117. The Morgan fingerprint density at radius 1 is 0.395 bits per heavy atom. The molecule has 0 aromatic heterocycles. The average Bonchev–Trinajstić information content (AvgIpc) is 4.22. The van der Waals surface area contributed by atoms with Crippen LogP contribution >= 0.6 is 0 Å². The van der Waals surface area contributed by atoms with Gasteiger partial charge in [0.25, 0.3) is 0 Å². The van der Waals surface area contributed by atoms with Gasteiger partial charge in [0.2, 0.25) is 0 Å². The van der Waals surface area contributed by atoms with Crippen LogP contribution in [-0.4, -0.2) is 0 Å². The van der Waals surface area contributed by atoms with E-state index in [4.69, 9.17) is 0 Å². The molecule has 6 unspecified atom stereocenters. The maximum Gasteiger partial charge on any atom is -0.0144 e. The van der Waals surface area contributed by atoms with Gasteiger partial charge in [-0.15, -0.1) is 0 Å². The van der Waals surface area contributed by atoms with Gasteiger partial charge in [-0.05, 0) is 289 Å². The van der Waals surface area contributed by atoms with Crippen LogP contribution in [0.3, 0.4) is 0 Å². The van der Waals surface area contributed by atoms with Gasteiger partial charge >= 0.3 is 0 Å². The molecule has 0 heteroatoms. The Bertz CT molecular complexity index is 2720. The number of hydrogen-bond acceptors (Lipinski definition) is 0. The van der Waals surface area contributed by atoms with Crippen molar-refractivity contribution in [1.29, 1.82) is 0 Å². The fourth-order valence-corrected chi connectivity index (χ4v) is 23.6. The summed E-state index contributed by atoms with van der Waals surface area (Å²) in [5, 5.41) is 0. The molecule has 4 aromatic rings. The monoisotopic (exact) mass is 1090 g/mol. The first-order valence-corrected chi connectivity index (χ1v) is 35.4. The Morgan fingerprint density at radius 3 is 1.30 bits per heavy atom. The summed E-state index contributed by atoms with van der Waals surface area (Å²) in [6, 6.07) is 38.9. The quantitative estimate of drug-likeness (QED) is 0.0989. The topological polar surface area (TPSA) is 0 Å². The minimum atomic E-state index is 0.404. The number of rotatable bonds is 17. The van der Waals surface area contributed by atoms with Gasteiger partial charge in [-0.3, -0.25) is 0 Å². The van der Waals surface area contributed by atoms with Gasteiger partial charge in [0.05, 0.1) is 0 Å². The van der Waals surface area contributed by atoms with E-state index in [2.05, 4.69) is 173 Å². The molecule has 8 aliphatic carbocycles. The van der Waals surface area contributed by atoms with E-state index in [1.165, 1.54) is 187 Å². The molecule has 81 heavy (non-hydrogen) atoms. The lowest BCUT2D eigenvalue weighted by Crippen LogP contribution is -2.53. The number of fused-ring (bicyclic) bond motifs is 10. The molecule has 12 rings (SSSR count). The van der Waals surface area contributed by atoms with E-state index in [0.717, 1.165) is 89.3 Å². The summed E-state index contributed by atoms with van der Waals surface area (Å²) in [7, 11) is 0. The zero-order chi connectivity index (χ0) is 56.4. The highest BCUT2D eigenvalue weighted by atomic mass is 14.7. The molecule has 0 bridgehead atoms. The van der Waals surface area contributed by atoms with E-state index in [0.29, 0.717) is 39.4 Å². The third kappa shape index (κ3) is 10.9. The molecule has 440 valence electrons. The van der Waals surface area contributed by atoms with E-state index >= 15 is 0 Å². The van der Waals surface area contributed by atoms with Crippen LogP contribution in [-0.2, 0) is 6.42 Å². The molecule has 4 aromatic carbocycles. The van der Waals surface area contributed by atoms with E-state index in [9.17, 15) is 0 Å². The molecule has 0 radical (unpaired) electrons. The normalized spacial score (nSPS) is 38.3. The second-order valence-corrected chi connectivity index (χ2v) is 32.9. The van der Waals surface area contributed by atoms with Crippen molar-refractivity contribution in [2.24, 2.45) is 105 Å². The smallest absolute Gasteiger partial charge is 0.0144 e. The third-order valence-electron chi connectivity index (χ3n) is 28.2. The largest absolute Gasteiger partial charge is 0.0628 e. The summed E-state index contributed by atoms with van der Waals surface area (Å²) in [5.41, 5.74) is 14.0. The SMILES string of the molecule is CC(C)CCC[C@@H](C)[C@H]1CC[C@H]2[C@@H]3CC[C@H]4CC(c5ccc(-c6ccccc6CC(C)c6ccccc6-c6ccc(C7CC[C@@]8(C)C(CC[C@@H]9C8CC[C@@]8(C)C9CC[C@@H]8[C@H](C)CCCC(C)C)C7)cc6)cc5)CC[C@]4(C)[C@H]3CC[C@]12C. The Kier molecular flexibility index (Phi) is 17.0. The van der Waals surface area contributed by atoms with Gasteiger partial charge in [-0.25, -0.2) is 0 Å². The third-order valence-corrected chi connectivity index (χ3v) is 28.2. The average molecular weight is 1090 g/mol. The summed E-state index contributed by atoms with van der Waals surface area (Å²) >= 11 is 0. The first-order valence-electron chi connectivity index (χ1n) is 35.4. The summed E-state index contributed by atoms with van der Waals surface area (Å²) in [6.45, 7) is 28.6. The van der Waals surface area contributed by atoms with Crippen molar-refractivity contribution in [3.63, 3.8) is 0 Å². The zero-order valence-corrected chi connectivity index (χ0v) is 53.7. The number of hydrogen-bond donors (Lipinski definition) is 0. The lowest BCUT2D eigenvalue weighted by atomic mass is 9.43. The first-order chi connectivity index (χ1) is 39.0. The molecular formula is C81H116. The van der Waals surface area contributed by atoms with Gasteiger partial charge in [-0.1, -0.05) is 212 Å². The fraction of sp³-hybridized carbons (Fsp3) is 0.704. The predicted octanol–water partition coefficient (Wildman–Crippen LogP) is 23.8. The molecule has 0 aliphatic heterocycles. The molecular weight excluding hydrogens is 973 g/mol. The van der Waals surface area contributed by atoms with Crippen molar-refractivity contribution in [3.05, 3.63) is 119 Å². The van der Waals surface area contributed by atoms with E-state index in [1.807, 2.05) is 0 Å². The van der Waals surface area contributed by atoms with Crippen molar-refractivity contribution in [3.8, 4) is 22.3 Å². The van der Waals surface area contributed by atoms with Gasteiger partial charge < -0.3 is 0 Å². The molecule has 0 saturated heterocycles. The van der Waals surface area contributed by atoms with Crippen molar-refractivity contribution in [2.45, 2.75) is 254 Å². The minimum absolute atomic E-state index is 0.404. The van der Waals surface area contributed by atoms with E-state index in [-0.39, 0.29) is 0 Å². The molecule has 8 aliphatic rings. The van der Waals surface area contributed by atoms with Crippen LogP contribution < -0.4 is 0 Å². The highest BCUT2D eigenvalue weighted by Gasteiger charge is 2.62. The van der Waals surface area contributed by atoms with Crippen LogP contribution in [0.15, 0.2) is 97.1 Å². The van der Waals surface area contributed by atoms with Crippen molar-refractivity contribution >= 4 is 0 Å². The number of benzene rings is 4. The maximum absolute atomic E-state index is 2.79. The van der Waals surface area contributed by atoms with Gasteiger partial charge in [0.1, 0.15) is 0 Å². The lowest BCUT2D eigenvalue weighted by Gasteiger charge is -2.61. The van der Waals surface area contributed by atoms with Crippen molar-refractivity contribution < 1.29 is 0 Å². The van der Waals surface area contributed by atoms with Gasteiger partial charge in [0.15, 0.2) is 0 Å².